The minimum Gasteiger partial charge on any atom is -0.494 e. The fourth-order valence-electron chi connectivity index (χ4n) is 13.1. The number of allylic oxidation sites excluding steroid dienone is 1. The van der Waals surface area contributed by atoms with Gasteiger partial charge in [0.25, 0.3) is 38.5 Å². The van der Waals surface area contributed by atoms with Gasteiger partial charge in [-0.15, -0.1) is 10.2 Å². The monoisotopic (exact) mass is 1700 g/mol. The van der Waals surface area contributed by atoms with Crippen molar-refractivity contribution in [3.8, 4) is 34.4 Å². The largest absolute Gasteiger partial charge is 0.494 e. The second-order valence-corrected chi connectivity index (χ2v) is 29.3. The summed E-state index contributed by atoms with van der Waals surface area (Å²) in [5.74, 6) is -5.72. The molecule has 0 bridgehead atoms. The molecule has 0 saturated heterocycles. The number of anilines is 3. The predicted molar refractivity (Wildman–Crippen MR) is 448 cm³/mol. The molecule has 0 aliphatic carbocycles. The van der Waals surface area contributed by atoms with Gasteiger partial charge in [0.1, 0.15) is 17.5 Å². The molecule has 8 heterocycles. The van der Waals surface area contributed by atoms with E-state index in [1.54, 1.807) is 87.9 Å². The first-order chi connectivity index (χ1) is 59.3. The summed E-state index contributed by atoms with van der Waals surface area (Å²) in [7, 11) is -2.78. The zero-order valence-electron chi connectivity index (χ0n) is 65.9. The van der Waals surface area contributed by atoms with Gasteiger partial charge in [-0.05, 0) is 204 Å². The van der Waals surface area contributed by atoms with Crippen molar-refractivity contribution in [3.05, 3.63) is 302 Å². The Hall–Kier alpha value is -16.3. The van der Waals surface area contributed by atoms with Crippen LogP contribution < -0.4 is 46.9 Å². The number of hydrogen-bond donors (Lipinski definition) is 10. The minimum atomic E-state index is -4.10. The van der Waals surface area contributed by atoms with Gasteiger partial charge in [-0.1, -0.05) is 47.6 Å². The Labute approximate surface area is 699 Å². The van der Waals surface area contributed by atoms with E-state index < -0.39 is 93.3 Å². The fourth-order valence-corrected chi connectivity index (χ4v) is 14.2. The number of carboxylic acid groups (broad SMARTS) is 3. The Morgan fingerprint density at radius 1 is 0.669 bits per heavy atom. The van der Waals surface area contributed by atoms with E-state index in [4.69, 9.17) is 44.7 Å². The molecule has 38 heteroatoms. The van der Waals surface area contributed by atoms with E-state index in [-0.39, 0.29) is 107 Å². The number of sulfonamides is 1. The minimum absolute atomic E-state index is 0.0289. The number of esters is 2. The number of ether oxygens (including phenoxy) is 3. The third kappa shape index (κ3) is 18.0. The van der Waals surface area contributed by atoms with Crippen LogP contribution >= 0.6 is 0 Å². The number of hydrazone groups is 1. The van der Waals surface area contributed by atoms with Crippen molar-refractivity contribution in [2.45, 2.75) is 58.1 Å². The average Bonchev–Trinajstić information content (AvgIpc) is 1.61. The summed E-state index contributed by atoms with van der Waals surface area (Å²) in [5, 5.41) is 78.1. The molecule has 37 nitrogen and oxygen atoms in total. The number of benzene rings is 7. The van der Waals surface area contributed by atoms with Crippen molar-refractivity contribution in [3.63, 3.8) is 0 Å². The molecule has 15 rings (SSSR count). The van der Waals surface area contributed by atoms with Gasteiger partial charge in [0.05, 0.1) is 103 Å². The molecule has 2 amide bonds. The van der Waals surface area contributed by atoms with E-state index >= 15 is 0 Å². The molecule has 0 saturated carbocycles. The number of rotatable bonds is 24. The van der Waals surface area contributed by atoms with Crippen molar-refractivity contribution in [2.24, 2.45) is 15.4 Å². The quantitative estimate of drug-likeness (QED) is 0.00675. The fraction of sp³-hybridized carbons (Fsp3) is 0.128. The maximum atomic E-state index is 13.2. The topological polar surface area (TPSA) is 520 Å². The number of carboxylic acids is 3. The Morgan fingerprint density at radius 3 is 1.91 bits per heavy atom. The summed E-state index contributed by atoms with van der Waals surface area (Å²) < 4.78 is 48.0. The molecule has 7 aromatic carbocycles. The Bertz CT molecular complexity index is 6900. The summed E-state index contributed by atoms with van der Waals surface area (Å²) in [6.45, 7) is 7.73. The van der Waals surface area contributed by atoms with Crippen LogP contribution in [0.1, 0.15) is 119 Å². The van der Waals surface area contributed by atoms with Crippen molar-refractivity contribution < 1.29 is 101 Å². The Kier molecular flexibility index (Phi) is 24.9. The van der Waals surface area contributed by atoms with Crippen molar-refractivity contribution in [1.82, 2.24) is 34.1 Å². The SMILES string of the molecule is CC1=NN(c2ccc(C(=O)O)cc2)C(=O)/C1=C\c1c(C)[nH]n(-c2ccc(C(=O)O)cc2)c1=O.COC(=O)C(C)n1cc(/C=C2\C(=O)ON=C2c2ccc(NS(=O)(=O)c3cccc(C(=O)OCCC(C)OO)c3)cc2)c2ccccc21.Cc1c2c([nH]c(=O)/c1=C\C=Cc1cc3c(=O)n(-c4ccc(OCO)cc4)nc-3[nH]c1O)=NN(c1ccc(C(=O)O)cc1)C2=O. The third-order valence-electron chi connectivity index (χ3n) is 19.6. The lowest BCUT2D eigenvalue weighted by molar-refractivity contribution is -0.275. The molecule has 0 spiro atoms. The second-order valence-electron chi connectivity index (χ2n) is 27.6. The number of pyridine rings is 2. The van der Waals surface area contributed by atoms with Crippen LogP contribution in [0, 0.1) is 13.8 Å². The zero-order chi connectivity index (χ0) is 88.7. The lowest BCUT2D eigenvalue weighted by Crippen LogP contribution is -2.38. The number of aromatic hydroxyl groups is 1. The van der Waals surface area contributed by atoms with Gasteiger partial charge in [0.2, 0.25) is 0 Å². The number of aliphatic hydroxyl groups excluding tert-OH is 1. The van der Waals surface area contributed by atoms with E-state index in [2.05, 4.69) is 45.1 Å². The molecule has 0 fully saturated rings. The van der Waals surface area contributed by atoms with E-state index in [0.29, 0.717) is 56.6 Å². The maximum Gasteiger partial charge on any atom is 0.368 e. The van der Waals surface area contributed by atoms with Gasteiger partial charge >= 0.3 is 35.8 Å². The number of nitrogens with one attached hydrogen (secondary N) is 4. The van der Waals surface area contributed by atoms with Gasteiger partial charge in [0.15, 0.2) is 24.0 Å². The van der Waals surface area contributed by atoms with Crippen LogP contribution in [0.25, 0.3) is 58.0 Å². The number of fused-ring (bicyclic) bond motifs is 3. The highest BCUT2D eigenvalue weighted by Gasteiger charge is 2.33. The molecule has 10 aromatic rings. The molecule has 124 heavy (non-hydrogen) atoms. The Morgan fingerprint density at radius 2 is 1.29 bits per heavy atom. The number of aliphatic hydroxyl groups is 1. The number of carbonyl (C=O) groups is 8. The van der Waals surface area contributed by atoms with Crippen LogP contribution in [0.5, 0.6) is 11.6 Å². The van der Waals surface area contributed by atoms with E-state index in [9.17, 15) is 66.3 Å². The van der Waals surface area contributed by atoms with Gasteiger partial charge in [-0.3, -0.25) is 39.1 Å². The number of carbonyl (C=O) groups excluding carboxylic acids is 5. The number of nitrogens with zero attached hydrogens (tertiary/aromatic N) is 9. The lowest BCUT2D eigenvalue weighted by Gasteiger charge is -2.12. The summed E-state index contributed by atoms with van der Waals surface area (Å²) in [6, 6.07) is 43.2. The van der Waals surface area contributed by atoms with Gasteiger partial charge < -0.3 is 59.1 Å². The third-order valence-corrected chi connectivity index (χ3v) is 21.0. The van der Waals surface area contributed by atoms with E-state index in [1.165, 1.54) is 151 Å². The van der Waals surface area contributed by atoms with Gasteiger partial charge in [-0.25, -0.2) is 46.8 Å². The maximum absolute atomic E-state index is 13.2. The number of aryl methyl sites for hydroxylation is 1. The summed E-state index contributed by atoms with van der Waals surface area (Å²) in [5.41, 5.74) is 5.56. The number of aromatic carboxylic acids is 3. The number of methoxy groups -OCH3 is 1. The highest BCUT2D eigenvalue weighted by atomic mass is 32.2. The first kappa shape index (κ1) is 85.6. The van der Waals surface area contributed by atoms with Crippen LogP contribution in [0.3, 0.4) is 0 Å². The van der Waals surface area contributed by atoms with Crippen molar-refractivity contribution >= 4 is 121 Å². The first-order valence-electron chi connectivity index (χ1n) is 37.2. The predicted octanol–water partition coefficient (Wildman–Crippen LogP) is 8.71. The molecule has 5 aliphatic heterocycles. The first-order valence-corrected chi connectivity index (χ1v) is 38.7. The van der Waals surface area contributed by atoms with Gasteiger partial charge in [0, 0.05) is 56.8 Å². The number of para-hydroxylation sites is 1. The zero-order valence-corrected chi connectivity index (χ0v) is 66.8. The van der Waals surface area contributed by atoms with Gasteiger partial charge in [-0.2, -0.15) is 19.8 Å². The standard InChI is InChI=1S/C33H31N3O10S.C30H22N6O8.C23H18N4O6/c1-20(46-40)15-16-44-32(38)23-7-6-8-26(17-23)47(41,42)35-25-13-11-22(12-14-25)30-28(33(39)45-34-30)18-24-19-36(21(2)31(37)43-3)29-10-5-4-9-27(24)29;1-15-21(27(39)32-25-23(15)29(41)36(34-25)18-7-5-16(6-8-18)30(42)43)4-2-3-17-13-22-24(31-26(17)38)33-35(28(22)40)19-9-11-20(12-10-19)44-14-37;1-12-18(20(28)26(24-12)16-7-3-14(4-8-16)22(30)31)11-19-13(2)25-27(21(19)29)17-9-5-15(6-10-17)23(32)33/h4-14,17-21,35,40H,15-16H2,1-3H3;2-13,37H,14H2,1H3,(H,42,43)(H2,31,33,38)(H,32,34,39);3-11,24H,1-2H3,(H,30,31)(H,32,33)/b28-18-;3-2?,21-4-;19-11-. The average molecular weight is 1700 g/mol. The number of amides is 2. The molecule has 5 aliphatic rings. The van der Waals surface area contributed by atoms with Crippen molar-refractivity contribution in [2.75, 3.05) is 35.2 Å². The summed E-state index contributed by atoms with van der Waals surface area (Å²) in [6.07, 6.45) is 9.01. The summed E-state index contributed by atoms with van der Waals surface area (Å²) in [4.78, 5) is 150. The van der Waals surface area contributed by atoms with Crippen LogP contribution in [0.4, 0.5) is 17.1 Å². The lowest BCUT2D eigenvalue weighted by atomic mass is 10.0. The number of aromatic nitrogens is 7. The number of oxime groups is 1. The molecule has 630 valence electrons. The molecule has 10 N–H and O–H groups in total. The van der Waals surface area contributed by atoms with E-state index in [0.717, 1.165) is 25.6 Å². The number of H-pyrrole nitrogens is 3. The highest BCUT2D eigenvalue weighted by Crippen LogP contribution is 2.33. The summed E-state index contributed by atoms with van der Waals surface area (Å²) >= 11 is 0. The molecular weight excluding hydrogens is 1630 g/mol. The van der Waals surface area contributed by atoms with Crippen LogP contribution in [0.2, 0.25) is 0 Å². The Balaban J connectivity index is 0.000000162. The number of hydrogen-bond acceptors (Lipinski definition) is 25. The van der Waals surface area contributed by atoms with E-state index in [1.807, 2.05) is 24.3 Å². The number of aromatic amines is 3. The molecule has 2 atom stereocenters. The van der Waals surface area contributed by atoms with Crippen molar-refractivity contribution in [1.29, 1.82) is 0 Å². The molecule has 0 radical (unpaired) electrons. The van der Waals surface area contributed by atoms with Crippen LogP contribution in [-0.2, 0) is 43.6 Å². The molecular formula is C86H71N13O24S. The highest BCUT2D eigenvalue weighted by molar-refractivity contribution is 7.92. The molecule has 2 unspecified atom stereocenters. The molecule has 3 aromatic heterocycles. The smallest absolute Gasteiger partial charge is 0.368 e. The van der Waals surface area contributed by atoms with Crippen LogP contribution in [-0.4, -0.2) is 159 Å². The second kappa shape index (κ2) is 36.1. The van der Waals surface area contributed by atoms with Crippen LogP contribution in [0.15, 0.2) is 234 Å². The normalized spacial score (nSPS) is 14.3.